The van der Waals surface area contributed by atoms with Gasteiger partial charge in [-0.1, -0.05) is 19.1 Å². The average molecular weight is 200 g/mol. The number of carboxylic acids is 2. The maximum Gasteiger partial charge on any atom is 0.310 e. The molecule has 4 nitrogen and oxygen atoms in total. The lowest BCUT2D eigenvalue weighted by Gasteiger charge is -2.05. The third-order valence-electron chi connectivity index (χ3n) is 1.83. The zero-order chi connectivity index (χ0) is 11.0. The van der Waals surface area contributed by atoms with Crippen LogP contribution < -0.4 is 0 Å². The fraction of sp³-hybridized carbons (Fsp3) is 0.600. The monoisotopic (exact) mass is 200 g/mol. The Balaban J connectivity index is 3.91. The van der Waals surface area contributed by atoms with Crippen LogP contribution in [-0.2, 0) is 9.59 Å². The maximum absolute atomic E-state index is 10.7. The predicted molar refractivity (Wildman–Crippen MR) is 52.0 cm³/mol. The van der Waals surface area contributed by atoms with Crippen molar-refractivity contribution in [1.82, 2.24) is 0 Å². The van der Waals surface area contributed by atoms with Gasteiger partial charge in [-0.2, -0.15) is 0 Å². The molecule has 0 aromatic heterocycles. The van der Waals surface area contributed by atoms with Crippen LogP contribution in [0.1, 0.15) is 32.6 Å². The van der Waals surface area contributed by atoms with Crippen molar-refractivity contribution >= 4 is 11.9 Å². The fourth-order valence-electron chi connectivity index (χ4n) is 1.08. The van der Waals surface area contributed by atoms with Gasteiger partial charge in [0.1, 0.15) is 0 Å². The smallest absolute Gasteiger partial charge is 0.310 e. The second-order valence-corrected chi connectivity index (χ2v) is 3.07. The summed E-state index contributed by atoms with van der Waals surface area (Å²) in [6.45, 7) is 1.92. The summed E-state index contributed by atoms with van der Waals surface area (Å²) >= 11 is 0. The number of aliphatic carboxylic acids is 2. The molecule has 0 aliphatic rings. The Morgan fingerprint density at radius 1 is 1.36 bits per heavy atom. The molecule has 1 unspecified atom stereocenters. The van der Waals surface area contributed by atoms with E-state index in [9.17, 15) is 9.59 Å². The lowest BCUT2D eigenvalue weighted by Crippen LogP contribution is -2.11. The first-order valence-corrected chi connectivity index (χ1v) is 4.69. The van der Waals surface area contributed by atoms with Gasteiger partial charge < -0.3 is 10.2 Å². The van der Waals surface area contributed by atoms with Gasteiger partial charge in [-0.15, -0.1) is 0 Å². The second-order valence-electron chi connectivity index (χ2n) is 3.07. The molecule has 0 aromatic rings. The van der Waals surface area contributed by atoms with Crippen molar-refractivity contribution < 1.29 is 19.8 Å². The Morgan fingerprint density at radius 3 is 2.43 bits per heavy atom. The van der Waals surface area contributed by atoms with E-state index in [-0.39, 0.29) is 6.42 Å². The second kappa shape index (κ2) is 7.12. The van der Waals surface area contributed by atoms with Gasteiger partial charge in [0.25, 0.3) is 0 Å². The number of rotatable bonds is 7. The molecule has 14 heavy (non-hydrogen) atoms. The van der Waals surface area contributed by atoms with E-state index in [1.54, 1.807) is 12.2 Å². The Morgan fingerprint density at radius 2 is 2.00 bits per heavy atom. The van der Waals surface area contributed by atoms with Crippen molar-refractivity contribution in [2.75, 3.05) is 0 Å². The highest BCUT2D eigenvalue weighted by atomic mass is 16.4. The van der Waals surface area contributed by atoms with E-state index in [4.69, 9.17) is 10.2 Å². The van der Waals surface area contributed by atoms with Crippen LogP contribution in [0, 0.1) is 5.92 Å². The molecule has 0 aromatic carbocycles. The van der Waals surface area contributed by atoms with Crippen LogP contribution in [0.2, 0.25) is 0 Å². The lowest BCUT2D eigenvalue weighted by atomic mass is 10.0. The SMILES string of the molecule is CC/C=C/C(CCCC(=O)O)C(=O)O. The standard InChI is InChI=1S/C10H16O4/c1-2-3-5-8(10(13)14)6-4-7-9(11)12/h3,5,8H,2,4,6-7H2,1H3,(H,11,12)(H,13,14)/b5-3+. The van der Waals surface area contributed by atoms with Gasteiger partial charge in [0.2, 0.25) is 0 Å². The van der Waals surface area contributed by atoms with E-state index in [2.05, 4.69) is 0 Å². The highest BCUT2D eigenvalue weighted by molar-refractivity contribution is 5.72. The third kappa shape index (κ3) is 6.22. The summed E-state index contributed by atoms with van der Waals surface area (Å²) in [5.41, 5.74) is 0. The van der Waals surface area contributed by atoms with Gasteiger partial charge in [-0.3, -0.25) is 9.59 Å². The molecule has 80 valence electrons. The molecule has 0 saturated heterocycles. The first-order valence-electron chi connectivity index (χ1n) is 4.69. The number of carbonyl (C=O) groups is 2. The molecule has 4 heteroatoms. The Labute approximate surface area is 83.2 Å². The van der Waals surface area contributed by atoms with Gasteiger partial charge in [-0.25, -0.2) is 0 Å². The van der Waals surface area contributed by atoms with Crippen molar-refractivity contribution in [3.05, 3.63) is 12.2 Å². The quantitative estimate of drug-likeness (QED) is 0.615. The molecular weight excluding hydrogens is 184 g/mol. The minimum Gasteiger partial charge on any atom is -0.481 e. The zero-order valence-electron chi connectivity index (χ0n) is 8.27. The molecular formula is C10H16O4. The van der Waals surface area contributed by atoms with Crippen LogP contribution in [0.4, 0.5) is 0 Å². The van der Waals surface area contributed by atoms with E-state index in [0.29, 0.717) is 12.8 Å². The first-order chi connectivity index (χ1) is 6.57. The van der Waals surface area contributed by atoms with Gasteiger partial charge in [0, 0.05) is 6.42 Å². The number of allylic oxidation sites excluding steroid dienone is 1. The summed E-state index contributed by atoms with van der Waals surface area (Å²) in [5.74, 6) is -2.32. The average Bonchev–Trinajstić information content (AvgIpc) is 2.09. The van der Waals surface area contributed by atoms with Crippen molar-refractivity contribution in [2.24, 2.45) is 5.92 Å². The minimum absolute atomic E-state index is 0.0315. The van der Waals surface area contributed by atoms with Gasteiger partial charge in [-0.05, 0) is 19.3 Å². The summed E-state index contributed by atoms with van der Waals surface area (Å²) < 4.78 is 0. The molecule has 0 rings (SSSR count). The molecule has 0 heterocycles. The lowest BCUT2D eigenvalue weighted by molar-refractivity contribution is -0.141. The molecule has 0 amide bonds. The van der Waals surface area contributed by atoms with Crippen LogP contribution in [0.15, 0.2) is 12.2 Å². The van der Waals surface area contributed by atoms with Crippen molar-refractivity contribution in [3.8, 4) is 0 Å². The normalized spacial score (nSPS) is 12.9. The Bertz CT molecular complexity index is 220. The van der Waals surface area contributed by atoms with E-state index in [1.165, 1.54) is 0 Å². The van der Waals surface area contributed by atoms with Crippen molar-refractivity contribution in [1.29, 1.82) is 0 Å². The largest absolute Gasteiger partial charge is 0.481 e. The number of carboxylic acid groups (broad SMARTS) is 2. The minimum atomic E-state index is -0.889. The van der Waals surface area contributed by atoms with Gasteiger partial charge >= 0.3 is 11.9 Å². The molecule has 2 N–H and O–H groups in total. The highest BCUT2D eigenvalue weighted by Crippen LogP contribution is 2.11. The van der Waals surface area contributed by atoms with Crippen LogP contribution in [0.3, 0.4) is 0 Å². The fourth-order valence-corrected chi connectivity index (χ4v) is 1.08. The van der Waals surface area contributed by atoms with E-state index in [1.807, 2.05) is 6.92 Å². The summed E-state index contributed by atoms with van der Waals surface area (Å²) in [6.07, 6.45) is 5.04. The summed E-state index contributed by atoms with van der Waals surface area (Å²) in [4.78, 5) is 20.9. The molecule has 0 saturated carbocycles. The molecule has 0 aliphatic heterocycles. The summed E-state index contributed by atoms with van der Waals surface area (Å²) in [6, 6.07) is 0. The van der Waals surface area contributed by atoms with Gasteiger partial charge in [0.15, 0.2) is 0 Å². The molecule has 0 spiro atoms. The first kappa shape index (κ1) is 12.7. The van der Waals surface area contributed by atoms with E-state index >= 15 is 0 Å². The van der Waals surface area contributed by atoms with Crippen LogP contribution in [0.5, 0.6) is 0 Å². The van der Waals surface area contributed by atoms with Gasteiger partial charge in [0.05, 0.1) is 5.92 Å². The zero-order valence-corrected chi connectivity index (χ0v) is 8.27. The molecule has 0 fully saturated rings. The van der Waals surface area contributed by atoms with Crippen LogP contribution in [-0.4, -0.2) is 22.2 Å². The summed E-state index contributed by atoms with van der Waals surface area (Å²) in [5, 5.41) is 17.1. The van der Waals surface area contributed by atoms with Crippen LogP contribution in [0.25, 0.3) is 0 Å². The Kier molecular flexibility index (Phi) is 6.45. The van der Waals surface area contributed by atoms with E-state index in [0.717, 1.165) is 6.42 Å². The predicted octanol–water partition coefficient (Wildman–Crippen LogP) is 1.91. The number of hydrogen-bond acceptors (Lipinski definition) is 2. The van der Waals surface area contributed by atoms with E-state index < -0.39 is 17.9 Å². The molecule has 0 aliphatic carbocycles. The summed E-state index contributed by atoms with van der Waals surface area (Å²) in [7, 11) is 0. The molecule has 1 atom stereocenters. The maximum atomic E-state index is 10.7. The van der Waals surface area contributed by atoms with Crippen molar-refractivity contribution in [2.45, 2.75) is 32.6 Å². The van der Waals surface area contributed by atoms with Crippen molar-refractivity contribution in [3.63, 3.8) is 0 Å². The molecule has 0 bridgehead atoms. The topological polar surface area (TPSA) is 74.6 Å². The number of hydrogen-bond donors (Lipinski definition) is 2. The third-order valence-corrected chi connectivity index (χ3v) is 1.83. The Hall–Kier alpha value is -1.32. The highest BCUT2D eigenvalue weighted by Gasteiger charge is 2.13. The van der Waals surface area contributed by atoms with Crippen LogP contribution >= 0.6 is 0 Å². The molecule has 0 radical (unpaired) electrons.